The molecule has 150 valence electrons. The number of rotatable bonds is 4. The molecule has 2 aliphatic heterocycles. The van der Waals surface area contributed by atoms with E-state index in [-0.39, 0.29) is 0 Å². The molecule has 0 aliphatic carbocycles. The van der Waals surface area contributed by atoms with Crippen LogP contribution in [0.5, 0.6) is 5.75 Å². The van der Waals surface area contributed by atoms with Gasteiger partial charge in [-0.1, -0.05) is 0 Å². The Labute approximate surface area is 173 Å². The molecule has 0 fully saturated rings. The molecule has 0 spiro atoms. The Balaban J connectivity index is 1.74. The number of fused-ring (bicyclic) bond motifs is 8. The number of ether oxygens (including phenoxy) is 1. The summed E-state index contributed by atoms with van der Waals surface area (Å²) < 4.78 is 6.03. The van der Waals surface area contributed by atoms with Gasteiger partial charge in [0.15, 0.2) is 5.75 Å². The molecule has 7 heteroatoms. The van der Waals surface area contributed by atoms with E-state index in [1.807, 2.05) is 60.7 Å². The van der Waals surface area contributed by atoms with E-state index in [0.717, 1.165) is 44.8 Å². The molecular formula is C23H22N6O. The molecule has 30 heavy (non-hydrogen) atoms. The Hall–Kier alpha value is -3.68. The topological polar surface area (TPSA) is 119 Å². The SMILES string of the molecule is NC(N)CCOc1c2nc(cc3ccc(cc4ccc(cc5nc1C=C5)[nH]4)[nH]3)C=C2. The highest BCUT2D eigenvalue weighted by Crippen LogP contribution is 2.28. The summed E-state index contributed by atoms with van der Waals surface area (Å²) in [6.45, 7) is 0.390. The van der Waals surface area contributed by atoms with E-state index in [9.17, 15) is 0 Å². The molecule has 5 rings (SSSR count). The van der Waals surface area contributed by atoms with Crippen molar-refractivity contribution >= 4 is 46.4 Å². The lowest BCUT2D eigenvalue weighted by Gasteiger charge is -2.09. The van der Waals surface area contributed by atoms with Crippen LogP contribution in [0.25, 0.3) is 46.4 Å². The fourth-order valence-electron chi connectivity index (χ4n) is 3.43. The zero-order valence-electron chi connectivity index (χ0n) is 16.3. The number of aromatic amines is 2. The van der Waals surface area contributed by atoms with Crippen LogP contribution in [0.4, 0.5) is 0 Å². The molecule has 0 amide bonds. The van der Waals surface area contributed by atoms with Crippen molar-refractivity contribution in [2.75, 3.05) is 6.61 Å². The summed E-state index contributed by atoms with van der Waals surface area (Å²) in [6, 6.07) is 14.2. The summed E-state index contributed by atoms with van der Waals surface area (Å²) in [5.41, 5.74) is 18.4. The average Bonchev–Trinajstić information content (AvgIpc) is 3.49. The molecule has 3 aromatic rings. The lowest BCUT2D eigenvalue weighted by molar-refractivity contribution is 0.296. The second-order valence-corrected chi connectivity index (χ2v) is 7.31. The molecule has 6 N–H and O–H groups in total. The Bertz CT molecular complexity index is 1220. The first-order valence-corrected chi connectivity index (χ1v) is 9.84. The van der Waals surface area contributed by atoms with Crippen LogP contribution in [-0.4, -0.2) is 32.7 Å². The maximum Gasteiger partial charge on any atom is 0.170 e. The summed E-state index contributed by atoms with van der Waals surface area (Å²) in [5, 5.41) is 0. The van der Waals surface area contributed by atoms with E-state index < -0.39 is 6.17 Å². The molecule has 0 saturated heterocycles. The number of hydrogen-bond acceptors (Lipinski definition) is 5. The molecule has 8 bridgehead atoms. The third-order valence-corrected chi connectivity index (χ3v) is 4.87. The van der Waals surface area contributed by atoms with Crippen LogP contribution in [0.15, 0.2) is 42.5 Å². The van der Waals surface area contributed by atoms with Gasteiger partial charge >= 0.3 is 0 Å². The quantitative estimate of drug-likeness (QED) is 0.345. The minimum absolute atomic E-state index is 0.390. The standard InChI is InChI=1S/C23H22N6O/c24-22(25)9-10-30-23-20-7-5-18(28-20)12-16-3-1-14(26-16)11-15-2-4-17(27-15)13-19-6-8-21(23)29-19/h1-8,11-13,22,26-27H,9-10,24-25H2. The van der Waals surface area contributed by atoms with E-state index in [1.54, 1.807) is 0 Å². The highest BCUT2D eigenvalue weighted by Gasteiger charge is 2.13. The number of H-pyrrole nitrogens is 2. The first kappa shape index (κ1) is 18.4. The second kappa shape index (κ2) is 7.62. The molecule has 7 nitrogen and oxygen atoms in total. The number of hydrogen-bond donors (Lipinski definition) is 4. The largest absolute Gasteiger partial charge is 0.489 e. The highest BCUT2D eigenvalue weighted by molar-refractivity contribution is 5.81. The van der Waals surface area contributed by atoms with Gasteiger partial charge in [0.2, 0.25) is 0 Å². The maximum atomic E-state index is 6.03. The predicted molar refractivity (Wildman–Crippen MR) is 121 cm³/mol. The zero-order valence-corrected chi connectivity index (χ0v) is 16.3. The Morgan fingerprint density at radius 2 is 1.23 bits per heavy atom. The zero-order chi connectivity index (χ0) is 20.5. The van der Waals surface area contributed by atoms with Crippen molar-refractivity contribution < 1.29 is 4.74 Å². The van der Waals surface area contributed by atoms with Crippen LogP contribution in [0, 0.1) is 0 Å². The average molecular weight is 398 g/mol. The normalized spacial score (nSPS) is 12.6. The van der Waals surface area contributed by atoms with Gasteiger partial charge in [0.1, 0.15) is 11.4 Å². The van der Waals surface area contributed by atoms with Crippen molar-refractivity contribution in [1.82, 2.24) is 19.9 Å². The molecule has 0 saturated carbocycles. The lowest BCUT2D eigenvalue weighted by Crippen LogP contribution is -2.32. The van der Waals surface area contributed by atoms with E-state index in [0.29, 0.717) is 18.8 Å². The Morgan fingerprint density at radius 3 is 1.73 bits per heavy atom. The minimum atomic E-state index is -0.425. The molecule has 0 unspecified atom stereocenters. The van der Waals surface area contributed by atoms with Gasteiger partial charge < -0.3 is 26.2 Å². The van der Waals surface area contributed by atoms with Gasteiger partial charge in [-0.2, -0.15) is 0 Å². The fourth-order valence-corrected chi connectivity index (χ4v) is 3.43. The van der Waals surface area contributed by atoms with Crippen LogP contribution in [0.2, 0.25) is 0 Å². The number of nitrogens with one attached hydrogen (secondary N) is 2. The molecule has 2 aliphatic rings. The van der Waals surface area contributed by atoms with Gasteiger partial charge in [-0.3, -0.25) is 0 Å². The molecule has 0 atom stereocenters. The first-order valence-electron chi connectivity index (χ1n) is 9.84. The monoisotopic (exact) mass is 398 g/mol. The summed E-state index contributed by atoms with van der Waals surface area (Å²) in [4.78, 5) is 16.2. The molecule has 3 aromatic heterocycles. The molecule has 0 radical (unpaired) electrons. The third kappa shape index (κ3) is 3.89. The van der Waals surface area contributed by atoms with Gasteiger partial charge in [-0.05, 0) is 66.8 Å². The van der Waals surface area contributed by atoms with E-state index >= 15 is 0 Å². The van der Waals surface area contributed by atoms with Gasteiger partial charge in [0.05, 0.1) is 24.2 Å². The molecule has 5 heterocycles. The molecular weight excluding hydrogens is 376 g/mol. The number of nitrogens with two attached hydrogens (primary N) is 2. The van der Waals surface area contributed by atoms with Crippen LogP contribution >= 0.6 is 0 Å². The fraction of sp³-hybridized carbons (Fsp3) is 0.130. The first-order chi connectivity index (χ1) is 14.6. The van der Waals surface area contributed by atoms with Crippen LogP contribution in [-0.2, 0) is 0 Å². The number of aromatic nitrogens is 4. The van der Waals surface area contributed by atoms with Gasteiger partial charge in [-0.15, -0.1) is 0 Å². The summed E-state index contributed by atoms with van der Waals surface area (Å²) in [6.07, 6.45) is 7.91. The molecule has 0 aromatic carbocycles. The van der Waals surface area contributed by atoms with E-state index in [1.165, 1.54) is 0 Å². The Morgan fingerprint density at radius 1 is 0.733 bits per heavy atom. The van der Waals surface area contributed by atoms with Crippen LogP contribution in [0.3, 0.4) is 0 Å². The smallest absolute Gasteiger partial charge is 0.170 e. The van der Waals surface area contributed by atoms with Gasteiger partial charge in [0, 0.05) is 28.5 Å². The van der Waals surface area contributed by atoms with Crippen molar-refractivity contribution in [2.45, 2.75) is 12.6 Å². The summed E-state index contributed by atoms with van der Waals surface area (Å²) in [7, 11) is 0. The number of nitrogens with zero attached hydrogens (tertiary/aromatic N) is 2. The van der Waals surface area contributed by atoms with Crippen LogP contribution < -0.4 is 16.2 Å². The van der Waals surface area contributed by atoms with Crippen molar-refractivity contribution in [1.29, 1.82) is 0 Å². The second-order valence-electron chi connectivity index (χ2n) is 7.31. The van der Waals surface area contributed by atoms with Gasteiger partial charge in [-0.25, -0.2) is 9.97 Å². The van der Waals surface area contributed by atoms with Crippen molar-refractivity contribution in [2.24, 2.45) is 11.5 Å². The minimum Gasteiger partial charge on any atom is -0.489 e. The van der Waals surface area contributed by atoms with Gasteiger partial charge in [0.25, 0.3) is 0 Å². The predicted octanol–water partition coefficient (Wildman–Crippen LogP) is 3.67. The lowest BCUT2D eigenvalue weighted by atomic mass is 10.3. The summed E-state index contributed by atoms with van der Waals surface area (Å²) in [5.74, 6) is 0.620. The summed E-state index contributed by atoms with van der Waals surface area (Å²) >= 11 is 0. The van der Waals surface area contributed by atoms with Crippen molar-refractivity contribution in [3.8, 4) is 5.75 Å². The van der Waals surface area contributed by atoms with Crippen LogP contribution in [0.1, 0.15) is 29.2 Å². The third-order valence-electron chi connectivity index (χ3n) is 4.87. The van der Waals surface area contributed by atoms with E-state index in [4.69, 9.17) is 26.2 Å². The highest BCUT2D eigenvalue weighted by atomic mass is 16.5. The van der Waals surface area contributed by atoms with E-state index in [2.05, 4.69) is 16.0 Å². The van der Waals surface area contributed by atoms with Crippen molar-refractivity contribution in [3.05, 3.63) is 65.2 Å². The maximum absolute atomic E-state index is 6.03. The Kier molecular flexibility index (Phi) is 4.66. The van der Waals surface area contributed by atoms with Crippen molar-refractivity contribution in [3.63, 3.8) is 0 Å².